The molecule has 0 saturated carbocycles. The Kier molecular flexibility index (Phi) is 4.95. The Morgan fingerprint density at radius 2 is 2.00 bits per heavy atom. The van der Waals surface area contributed by atoms with Crippen molar-refractivity contribution in [3.63, 3.8) is 0 Å². The summed E-state index contributed by atoms with van der Waals surface area (Å²) in [6.45, 7) is 5.19. The first-order chi connectivity index (χ1) is 13.5. The van der Waals surface area contributed by atoms with Gasteiger partial charge >= 0.3 is 0 Å². The van der Waals surface area contributed by atoms with Crippen LogP contribution < -0.4 is 5.32 Å². The van der Waals surface area contributed by atoms with Gasteiger partial charge in [-0.3, -0.25) is 9.36 Å². The molecule has 0 saturated heterocycles. The van der Waals surface area contributed by atoms with Gasteiger partial charge in [-0.25, -0.2) is 9.37 Å². The van der Waals surface area contributed by atoms with Gasteiger partial charge in [-0.05, 0) is 37.6 Å². The van der Waals surface area contributed by atoms with Gasteiger partial charge in [0, 0.05) is 31.5 Å². The number of aryl methyl sites for hydroxylation is 3. The normalized spacial score (nSPS) is 11.1. The molecule has 0 spiro atoms. The largest absolute Gasteiger partial charge is 0.357 e. The van der Waals surface area contributed by atoms with Crippen LogP contribution in [0.3, 0.4) is 0 Å². The third-order valence-corrected chi connectivity index (χ3v) is 5.59. The molecule has 0 fully saturated rings. The lowest BCUT2D eigenvalue weighted by molar-refractivity contribution is 0.619. The lowest BCUT2D eigenvalue weighted by atomic mass is 10.2. The predicted molar refractivity (Wildman–Crippen MR) is 109 cm³/mol. The van der Waals surface area contributed by atoms with Crippen molar-refractivity contribution in [2.45, 2.75) is 26.9 Å². The van der Waals surface area contributed by atoms with Gasteiger partial charge in [-0.2, -0.15) is 10.2 Å². The highest BCUT2D eigenvalue weighted by Crippen LogP contribution is 2.32. The third kappa shape index (κ3) is 3.96. The standard InChI is InChI=1S/C20H21FN6S/c1-13-16(12-26(3)24-13)10-22-20-23-14(2)19(28-20)18-7-8-27(25-18)11-15-5-4-6-17(21)9-15/h4-9,12H,10-11H2,1-3H3,(H,22,23). The van der Waals surface area contributed by atoms with Gasteiger partial charge in [0.2, 0.25) is 0 Å². The van der Waals surface area contributed by atoms with Crippen LogP contribution in [0.25, 0.3) is 10.6 Å². The summed E-state index contributed by atoms with van der Waals surface area (Å²) in [5, 5.41) is 13.2. The molecule has 144 valence electrons. The number of nitrogens with zero attached hydrogens (tertiary/aromatic N) is 5. The monoisotopic (exact) mass is 396 g/mol. The van der Waals surface area contributed by atoms with Gasteiger partial charge in [0.1, 0.15) is 11.5 Å². The topological polar surface area (TPSA) is 60.6 Å². The van der Waals surface area contributed by atoms with Crippen LogP contribution in [0.4, 0.5) is 9.52 Å². The van der Waals surface area contributed by atoms with Crippen molar-refractivity contribution in [2.75, 3.05) is 5.32 Å². The van der Waals surface area contributed by atoms with Crippen LogP contribution in [0.2, 0.25) is 0 Å². The van der Waals surface area contributed by atoms with Crippen LogP contribution in [0.15, 0.2) is 42.7 Å². The summed E-state index contributed by atoms with van der Waals surface area (Å²) >= 11 is 1.58. The smallest absolute Gasteiger partial charge is 0.183 e. The van der Waals surface area contributed by atoms with E-state index in [1.54, 1.807) is 17.4 Å². The SMILES string of the molecule is Cc1nn(C)cc1CNc1nc(C)c(-c2ccn(Cc3cccc(F)c3)n2)s1. The molecule has 0 unspecified atom stereocenters. The number of thiazole rings is 1. The summed E-state index contributed by atoms with van der Waals surface area (Å²) in [6, 6.07) is 8.55. The van der Waals surface area contributed by atoms with Gasteiger partial charge in [0.25, 0.3) is 0 Å². The van der Waals surface area contributed by atoms with E-state index in [-0.39, 0.29) is 5.82 Å². The van der Waals surface area contributed by atoms with Crippen LogP contribution >= 0.6 is 11.3 Å². The van der Waals surface area contributed by atoms with Gasteiger partial charge in [0.15, 0.2) is 5.13 Å². The first kappa shape index (κ1) is 18.4. The van der Waals surface area contributed by atoms with Crippen molar-refractivity contribution < 1.29 is 4.39 Å². The average Bonchev–Trinajstić information content (AvgIpc) is 3.32. The summed E-state index contributed by atoms with van der Waals surface area (Å²) < 4.78 is 17.0. The first-order valence-electron chi connectivity index (χ1n) is 8.96. The molecule has 8 heteroatoms. The predicted octanol–water partition coefficient (Wildman–Crippen LogP) is 4.16. The zero-order valence-electron chi connectivity index (χ0n) is 16.0. The molecule has 0 radical (unpaired) electrons. The molecular formula is C20H21FN6S. The number of nitrogens with one attached hydrogen (secondary N) is 1. The molecule has 0 aliphatic heterocycles. The highest BCUT2D eigenvalue weighted by Gasteiger charge is 2.13. The van der Waals surface area contributed by atoms with Crippen LogP contribution in [0.1, 0.15) is 22.5 Å². The first-order valence-corrected chi connectivity index (χ1v) is 9.78. The van der Waals surface area contributed by atoms with Crippen LogP contribution in [0.5, 0.6) is 0 Å². The molecule has 3 aromatic heterocycles. The fourth-order valence-electron chi connectivity index (χ4n) is 3.10. The number of hydrogen-bond acceptors (Lipinski definition) is 5. The quantitative estimate of drug-likeness (QED) is 0.532. The Hall–Kier alpha value is -3.00. The van der Waals surface area contributed by atoms with E-state index in [9.17, 15) is 4.39 Å². The maximum absolute atomic E-state index is 13.4. The maximum Gasteiger partial charge on any atom is 0.183 e. The highest BCUT2D eigenvalue weighted by atomic mass is 32.1. The zero-order valence-corrected chi connectivity index (χ0v) is 16.8. The van der Waals surface area contributed by atoms with Crippen LogP contribution in [0, 0.1) is 19.7 Å². The van der Waals surface area contributed by atoms with Crippen LogP contribution in [-0.4, -0.2) is 24.5 Å². The number of hydrogen-bond donors (Lipinski definition) is 1. The van der Waals surface area contributed by atoms with Gasteiger partial charge < -0.3 is 5.32 Å². The summed E-state index contributed by atoms with van der Waals surface area (Å²) in [7, 11) is 1.92. The fourth-order valence-corrected chi connectivity index (χ4v) is 4.02. The van der Waals surface area contributed by atoms with E-state index in [1.165, 1.54) is 12.1 Å². The number of aromatic nitrogens is 5. The minimum atomic E-state index is -0.234. The molecule has 0 aliphatic carbocycles. The van der Waals surface area contributed by atoms with Gasteiger partial charge in [-0.15, -0.1) is 0 Å². The molecular weight excluding hydrogens is 375 g/mol. The molecule has 1 N–H and O–H groups in total. The number of anilines is 1. The number of benzene rings is 1. The summed E-state index contributed by atoms with van der Waals surface area (Å²) in [5.74, 6) is -0.234. The lowest BCUT2D eigenvalue weighted by Crippen LogP contribution is -2.00. The van der Waals surface area contributed by atoms with E-state index in [2.05, 4.69) is 20.5 Å². The molecule has 0 atom stereocenters. The minimum Gasteiger partial charge on any atom is -0.357 e. The maximum atomic E-state index is 13.4. The van der Waals surface area contributed by atoms with E-state index < -0.39 is 0 Å². The molecule has 4 rings (SSSR count). The Balaban J connectivity index is 1.47. The Morgan fingerprint density at radius 1 is 1.14 bits per heavy atom. The second-order valence-corrected chi connectivity index (χ2v) is 7.73. The molecule has 0 amide bonds. The van der Waals surface area contributed by atoms with E-state index >= 15 is 0 Å². The van der Waals surface area contributed by atoms with E-state index in [0.717, 1.165) is 38.2 Å². The molecule has 4 aromatic rings. The third-order valence-electron chi connectivity index (χ3n) is 4.45. The van der Waals surface area contributed by atoms with E-state index in [1.807, 2.05) is 54.8 Å². The van der Waals surface area contributed by atoms with E-state index in [0.29, 0.717) is 13.1 Å². The fraction of sp³-hybridized carbons (Fsp3) is 0.250. The second-order valence-electron chi connectivity index (χ2n) is 6.73. The highest BCUT2D eigenvalue weighted by molar-refractivity contribution is 7.19. The van der Waals surface area contributed by atoms with Crippen molar-refractivity contribution >= 4 is 16.5 Å². The Labute approximate surface area is 166 Å². The van der Waals surface area contributed by atoms with Crippen molar-refractivity contribution in [2.24, 2.45) is 7.05 Å². The van der Waals surface area contributed by atoms with Crippen molar-refractivity contribution in [3.05, 3.63) is 71.1 Å². The number of rotatable bonds is 6. The molecule has 3 heterocycles. The molecule has 0 bridgehead atoms. The summed E-state index contributed by atoms with van der Waals surface area (Å²) in [4.78, 5) is 5.66. The molecule has 28 heavy (non-hydrogen) atoms. The van der Waals surface area contributed by atoms with Crippen molar-refractivity contribution in [1.82, 2.24) is 24.5 Å². The Morgan fingerprint density at radius 3 is 2.75 bits per heavy atom. The van der Waals surface area contributed by atoms with Crippen molar-refractivity contribution in [1.29, 1.82) is 0 Å². The minimum absolute atomic E-state index is 0.234. The molecule has 6 nitrogen and oxygen atoms in total. The second kappa shape index (κ2) is 7.55. The average molecular weight is 396 g/mol. The Bertz CT molecular complexity index is 1110. The molecule has 1 aromatic carbocycles. The van der Waals surface area contributed by atoms with Crippen LogP contribution in [-0.2, 0) is 20.1 Å². The lowest BCUT2D eigenvalue weighted by Gasteiger charge is -2.02. The summed E-state index contributed by atoms with van der Waals surface area (Å²) in [6.07, 6.45) is 3.92. The summed E-state index contributed by atoms with van der Waals surface area (Å²) in [5.41, 5.74) is 4.85. The van der Waals surface area contributed by atoms with E-state index in [4.69, 9.17) is 0 Å². The van der Waals surface area contributed by atoms with Crippen molar-refractivity contribution in [3.8, 4) is 10.6 Å². The number of halogens is 1. The van der Waals surface area contributed by atoms with Gasteiger partial charge in [0.05, 0.1) is 22.8 Å². The molecule has 0 aliphatic rings. The zero-order chi connectivity index (χ0) is 19.7. The van der Waals surface area contributed by atoms with Gasteiger partial charge in [-0.1, -0.05) is 23.5 Å².